The van der Waals surface area contributed by atoms with Crippen molar-refractivity contribution in [3.63, 3.8) is 0 Å². The number of phenolic OH excluding ortho intramolecular Hbond substituents is 1. The average Bonchev–Trinajstić information content (AvgIpc) is 2.47. The van der Waals surface area contributed by atoms with Crippen molar-refractivity contribution in [3.8, 4) is 5.75 Å². The van der Waals surface area contributed by atoms with Gasteiger partial charge in [0.05, 0.1) is 12.2 Å². The highest BCUT2D eigenvalue weighted by atomic mass is 79.9. The van der Waals surface area contributed by atoms with Gasteiger partial charge in [-0.25, -0.2) is 4.79 Å². The van der Waals surface area contributed by atoms with Crippen LogP contribution in [0.25, 0.3) is 11.0 Å². The molecule has 0 amide bonds. The van der Waals surface area contributed by atoms with Gasteiger partial charge in [0.1, 0.15) is 21.8 Å². The Morgan fingerprint density at radius 1 is 1.45 bits per heavy atom. The van der Waals surface area contributed by atoms with Gasteiger partial charge in [-0.3, -0.25) is 10.1 Å². The Kier molecular flexibility index (Phi) is 4.84. The molecule has 0 spiro atoms. The summed E-state index contributed by atoms with van der Waals surface area (Å²) >= 11 is 3.14. The van der Waals surface area contributed by atoms with Crippen molar-refractivity contribution in [3.05, 3.63) is 38.2 Å². The first kappa shape index (κ1) is 16.5. The molecule has 0 saturated heterocycles. The lowest BCUT2D eigenvalue weighted by Crippen LogP contribution is -2.39. The quantitative estimate of drug-likeness (QED) is 0.580. The van der Waals surface area contributed by atoms with E-state index in [9.17, 15) is 14.7 Å². The lowest BCUT2D eigenvalue weighted by molar-refractivity contribution is -0.140. The van der Waals surface area contributed by atoms with Crippen LogP contribution in [0.4, 0.5) is 0 Å². The Balaban J connectivity index is 2.51. The largest absolute Gasteiger partial charge is 0.507 e. The van der Waals surface area contributed by atoms with E-state index in [1.807, 2.05) is 0 Å². The zero-order valence-electron chi connectivity index (χ0n) is 11.6. The van der Waals surface area contributed by atoms with Crippen LogP contribution >= 0.6 is 15.9 Å². The van der Waals surface area contributed by atoms with Crippen LogP contribution in [0.15, 0.2) is 25.8 Å². The fraction of sp³-hybridized carbons (Fsp3) is 0.286. The number of carbonyl (C=O) groups is 1. The van der Waals surface area contributed by atoms with E-state index in [2.05, 4.69) is 21.2 Å². The van der Waals surface area contributed by atoms with E-state index in [0.29, 0.717) is 15.4 Å². The number of aliphatic hydroxyl groups is 1. The molecular formula is C14H14BrNO6. The molecule has 8 heteroatoms. The molecule has 2 rings (SSSR count). The van der Waals surface area contributed by atoms with Gasteiger partial charge in [0.2, 0.25) is 0 Å². The molecule has 4 N–H and O–H groups in total. The van der Waals surface area contributed by atoms with Gasteiger partial charge in [0.25, 0.3) is 0 Å². The highest BCUT2D eigenvalue weighted by molar-refractivity contribution is 9.10. The summed E-state index contributed by atoms with van der Waals surface area (Å²) in [4.78, 5) is 22.7. The molecule has 1 atom stereocenters. The van der Waals surface area contributed by atoms with Crippen molar-refractivity contribution in [2.45, 2.75) is 19.5 Å². The lowest BCUT2D eigenvalue weighted by atomic mass is 10.1. The van der Waals surface area contributed by atoms with E-state index in [1.165, 1.54) is 6.07 Å². The van der Waals surface area contributed by atoms with Gasteiger partial charge in [-0.2, -0.15) is 0 Å². The Hall–Kier alpha value is -1.90. The highest BCUT2D eigenvalue weighted by Crippen LogP contribution is 2.30. The van der Waals surface area contributed by atoms with E-state index in [4.69, 9.17) is 14.6 Å². The Bertz CT molecular complexity index is 785. The third-order valence-corrected chi connectivity index (χ3v) is 4.27. The van der Waals surface area contributed by atoms with Gasteiger partial charge < -0.3 is 19.7 Å². The summed E-state index contributed by atoms with van der Waals surface area (Å²) in [5.41, 5.74) is 0.503. The number of rotatable bonds is 5. The van der Waals surface area contributed by atoms with Crippen LogP contribution in [0.3, 0.4) is 0 Å². The number of phenols is 1. The zero-order chi connectivity index (χ0) is 16.4. The molecule has 22 heavy (non-hydrogen) atoms. The molecule has 0 aliphatic carbocycles. The molecule has 0 fully saturated rings. The Morgan fingerprint density at radius 3 is 2.73 bits per heavy atom. The number of aliphatic hydroxyl groups excluding tert-OH is 1. The van der Waals surface area contributed by atoms with Gasteiger partial charge in [-0.05, 0) is 40.5 Å². The summed E-state index contributed by atoms with van der Waals surface area (Å²) in [5, 5.41) is 31.1. The first-order chi connectivity index (χ1) is 10.4. The first-order valence-corrected chi connectivity index (χ1v) is 7.17. The van der Waals surface area contributed by atoms with Crippen LogP contribution in [0.2, 0.25) is 0 Å². The molecule has 1 aromatic carbocycles. The number of carboxylic acid groups (broad SMARTS) is 1. The number of fused-ring (bicyclic) bond motifs is 1. The van der Waals surface area contributed by atoms with Gasteiger partial charge in [-0.15, -0.1) is 0 Å². The zero-order valence-corrected chi connectivity index (χ0v) is 13.2. The maximum atomic E-state index is 11.8. The van der Waals surface area contributed by atoms with E-state index in [1.54, 1.807) is 13.0 Å². The molecule has 0 aliphatic rings. The number of aliphatic carboxylic acids is 1. The van der Waals surface area contributed by atoms with Gasteiger partial charge in [-0.1, -0.05) is 0 Å². The molecule has 1 heterocycles. The molecule has 1 aromatic heterocycles. The SMILES string of the molecule is Cc1c(Br)c(=O)oc2c(CN[C@@H](CO)C(=O)O)c(O)ccc12. The third-order valence-electron chi connectivity index (χ3n) is 3.35. The number of nitrogens with one attached hydrogen (secondary N) is 1. The van der Waals surface area contributed by atoms with Crippen molar-refractivity contribution in [1.82, 2.24) is 5.32 Å². The average molecular weight is 372 g/mol. The minimum absolute atomic E-state index is 0.0787. The van der Waals surface area contributed by atoms with Gasteiger partial charge in [0.15, 0.2) is 0 Å². The Labute approximate surface area is 133 Å². The molecular weight excluding hydrogens is 358 g/mol. The predicted molar refractivity (Wildman–Crippen MR) is 81.9 cm³/mol. The van der Waals surface area contributed by atoms with Crippen molar-refractivity contribution in [2.75, 3.05) is 6.61 Å². The highest BCUT2D eigenvalue weighted by Gasteiger charge is 2.19. The normalized spacial score (nSPS) is 12.5. The van der Waals surface area contributed by atoms with E-state index >= 15 is 0 Å². The minimum atomic E-state index is -1.22. The molecule has 118 valence electrons. The summed E-state index contributed by atoms with van der Waals surface area (Å²) in [6.45, 7) is 1.05. The smallest absolute Gasteiger partial charge is 0.350 e. The van der Waals surface area contributed by atoms with Crippen LogP contribution in [0, 0.1) is 6.92 Å². The van der Waals surface area contributed by atoms with Crippen LogP contribution in [-0.4, -0.2) is 33.9 Å². The van der Waals surface area contributed by atoms with Crippen LogP contribution in [0.1, 0.15) is 11.1 Å². The predicted octanol–water partition coefficient (Wildman–Crippen LogP) is 1.10. The molecule has 0 saturated carbocycles. The fourth-order valence-corrected chi connectivity index (χ4v) is 2.36. The maximum absolute atomic E-state index is 11.8. The fourth-order valence-electron chi connectivity index (χ4n) is 2.06. The van der Waals surface area contributed by atoms with Crippen molar-refractivity contribution in [1.29, 1.82) is 0 Å². The summed E-state index contributed by atoms with van der Waals surface area (Å²) in [5.74, 6) is -1.35. The molecule has 0 aliphatic heterocycles. The Morgan fingerprint density at radius 2 is 2.14 bits per heavy atom. The monoisotopic (exact) mass is 371 g/mol. The minimum Gasteiger partial charge on any atom is -0.507 e. The number of halogens is 1. The van der Waals surface area contributed by atoms with Crippen LogP contribution in [0.5, 0.6) is 5.75 Å². The molecule has 2 aromatic rings. The maximum Gasteiger partial charge on any atom is 0.350 e. The standard InChI is InChI=1S/C14H14BrNO6/c1-6-7-2-3-10(18)8(4-16-9(5-17)13(19)20)12(7)22-14(21)11(6)15/h2-3,9,16-18H,4-5H2,1H3,(H,19,20)/t9-/m0/s1. The summed E-state index contributed by atoms with van der Waals surface area (Å²) in [6.07, 6.45) is 0. The number of aryl methyl sites for hydroxylation is 1. The van der Waals surface area contributed by atoms with Gasteiger partial charge in [0, 0.05) is 11.9 Å². The van der Waals surface area contributed by atoms with Gasteiger partial charge >= 0.3 is 11.6 Å². The molecule has 0 radical (unpaired) electrons. The topological polar surface area (TPSA) is 120 Å². The molecule has 7 nitrogen and oxygen atoms in total. The second kappa shape index (κ2) is 6.47. The van der Waals surface area contributed by atoms with Crippen LogP contribution < -0.4 is 10.9 Å². The first-order valence-electron chi connectivity index (χ1n) is 6.37. The number of carboxylic acids is 1. The van der Waals surface area contributed by atoms with Crippen LogP contribution in [-0.2, 0) is 11.3 Å². The lowest BCUT2D eigenvalue weighted by Gasteiger charge is -2.14. The molecule has 0 unspecified atom stereocenters. The third kappa shape index (κ3) is 2.99. The summed E-state index contributed by atoms with van der Waals surface area (Å²) in [7, 11) is 0. The summed E-state index contributed by atoms with van der Waals surface area (Å²) < 4.78 is 5.49. The second-order valence-corrected chi connectivity index (χ2v) is 5.52. The van der Waals surface area contributed by atoms with Crippen molar-refractivity contribution >= 4 is 32.9 Å². The van der Waals surface area contributed by atoms with E-state index in [0.717, 1.165) is 0 Å². The van der Waals surface area contributed by atoms with E-state index in [-0.39, 0.29) is 23.4 Å². The van der Waals surface area contributed by atoms with Crippen molar-refractivity contribution < 1.29 is 24.5 Å². The second-order valence-electron chi connectivity index (χ2n) is 4.72. The number of hydrogen-bond donors (Lipinski definition) is 4. The number of benzene rings is 1. The van der Waals surface area contributed by atoms with Crippen molar-refractivity contribution in [2.24, 2.45) is 0 Å². The summed E-state index contributed by atoms with van der Waals surface area (Å²) in [6, 6.07) is 1.86. The number of aromatic hydroxyl groups is 1. The number of hydrogen-bond acceptors (Lipinski definition) is 6. The molecule has 0 bridgehead atoms. The van der Waals surface area contributed by atoms with E-state index < -0.39 is 24.2 Å².